The lowest BCUT2D eigenvalue weighted by Gasteiger charge is -2.18. The van der Waals surface area contributed by atoms with Crippen LogP contribution in [-0.2, 0) is 12.8 Å². The molecule has 0 N–H and O–H groups in total. The van der Waals surface area contributed by atoms with E-state index in [0.717, 1.165) is 11.5 Å². The maximum Gasteiger partial charge on any atom is 0.113 e. The number of rotatable bonds is 1. The first-order valence-corrected chi connectivity index (χ1v) is 6.94. The maximum atomic E-state index is 5.83. The molecule has 1 aliphatic carbocycles. The van der Waals surface area contributed by atoms with Crippen LogP contribution < -0.4 is 5.46 Å². The van der Waals surface area contributed by atoms with Crippen molar-refractivity contribution in [3.63, 3.8) is 0 Å². The van der Waals surface area contributed by atoms with E-state index in [9.17, 15) is 0 Å². The summed E-state index contributed by atoms with van der Waals surface area (Å²) in [7, 11) is 5.83. The Bertz CT molecular complexity index is 371. The van der Waals surface area contributed by atoms with Gasteiger partial charge >= 0.3 is 0 Å². The maximum absolute atomic E-state index is 5.83. The summed E-state index contributed by atoms with van der Waals surface area (Å²) in [5.41, 5.74) is 3.89. The van der Waals surface area contributed by atoms with Gasteiger partial charge in [-0.1, -0.05) is 37.5 Å². The monoisotopic (exact) mass is 227 g/mol. The van der Waals surface area contributed by atoms with Gasteiger partial charge in [0.1, 0.15) is 7.85 Å². The highest BCUT2D eigenvalue weighted by Gasteiger charge is 2.29. The molecule has 90 valence electrons. The first-order chi connectivity index (χ1) is 8.33. The summed E-state index contributed by atoms with van der Waals surface area (Å²) in [4.78, 5) is 2.65. The van der Waals surface area contributed by atoms with E-state index >= 15 is 0 Å². The van der Waals surface area contributed by atoms with E-state index in [1.54, 1.807) is 0 Å². The normalized spacial score (nSPS) is 19.9. The van der Waals surface area contributed by atoms with Crippen LogP contribution in [0.15, 0.2) is 18.2 Å². The van der Waals surface area contributed by atoms with Gasteiger partial charge in [-0.25, -0.2) is 0 Å². The van der Waals surface area contributed by atoms with Crippen molar-refractivity contribution in [2.45, 2.75) is 45.6 Å². The Labute approximate surface area is 107 Å². The van der Waals surface area contributed by atoms with E-state index in [1.807, 2.05) is 19.9 Å². The number of hydrogen-bond donors (Lipinski definition) is 0. The fourth-order valence-electron chi connectivity index (χ4n) is 2.57. The highest BCUT2D eigenvalue weighted by atomic mass is 15.2. The molecule has 1 aromatic rings. The SMILES string of the molecule is CC.[B]c1ccc2c(c1)CCN(C1CC1)CC2. The molecular weight excluding hydrogens is 205 g/mol. The van der Waals surface area contributed by atoms with Crippen LogP contribution in [0.25, 0.3) is 0 Å². The Kier molecular flexibility index (Phi) is 4.28. The van der Waals surface area contributed by atoms with E-state index in [0.29, 0.717) is 0 Å². The quantitative estimate of drug-likeness (QED) is 0.664. The second-order valence-corrected chi connectivity index (χ2v) is 4.80. The number of hydrogen-bond acceptors (Lipinski definition) is 1. The molecule has 1 aliphatic heterocycles. The lowest BCUT2D eigenvalue weighted by molar-refractivity contribution is 0.277. The molecule has 2 aliphatic rings. The van der Waals surface area contributed by atoms with Crippen LogP contribution in [0.4, 0.5) is 0 Å². The summed E-state index contributed by atoms with van der Waals surface area (Å²) < 4.78 is 0. The lowest BCUT2D eigenvalue weighted by Crippen LogP contribution is -2.28. The second-order valence-electron chi connectivity index (χ2n) is 4.80. The van der Waals surface area contributed by atoms with Crippen molar-refractivity contribution in [3.8, 4) is 0 Å². The summed E-state index contributed by atoms with van der Waals surface area (Å²) in [6.45, 7) is 6.46. The smallest absolute Gasteiger partial charge is 0.113 e. The highest BCUT2D eigenvalue weighted by molar-refractivity contribution is 6.32. The van der Waals surface area contributed by atoms with Crippen LogP contribution in [0.2, 0.25) is 0 Å². The van der Waals surface area contributed by atoms with Gasteiger partial charge in [-0.3, -0.25) is 4.90 Å². The molecule has 3 rings (SSSR count). The minimum atomic E-state index is 0.900. The van der Waals surface area contributed by atoms with Crippen LogP contribution in [0.3, 0.4) is 0 Å². The molecule has 2 heteroatoms. The van der Waals surface area contributed by atoms with Crippen molar-refractivity contribution in [1.82, 2.24) is 4.90 Å². The van der Waals surface area contributed by atoms with E-state index in [4.69, 9.17) is 7.85 Å². The van der Waals surface area contributed by atoms with Gasteiger partial charge in [0.15, 0.2) is 0 Å². The Morgan fingerprint density at radius 2 is 1.71 bits per heavy atom. The van der Waals surface area contributed by atoms with Crippen LogP contribution >= 0.6 is 0 Å². The van der Waals surface area contributed by atoms with Crippen molar-refractivity contribution >= 4 is 13.3 Å². The molecule has 0 bridgehead atoms. The summed E-state index contributed by atoms with van der Waals surface area (Å²) >= 11 is 0. The van der Waals surface area contributed by atoms with E-state index in [2.05, 4.69) is 17.0 Å². The average Bonchev–Trinajstić information content (AvgIpc) is 3.16. The molecule has 0 aromatic heterocycles. The molecule has 17 heavy (non-hydrogen) atoms. The zero-order valence-electron chi connectivity index (χ0n) is 11.1. The summed E-state index contributed by atoms with van der Waals surface area (Å²) in [5.74, 6) is 0. The van der Waals surface area contributed by atoms with Gasteiger partial charge in [0.05, 0.1) is 0 Å². The Morgan fingerprint density at radius 1 is 1.06 bits per heavy atom. The van der Waals surface area contributed by atoms with Gasteiger partial charge in [-0.05, 0) is 36.8 Å². The Hall–Kier alpha value is -0.755. The molecule has 1 fully saturated rings. The zero-order chi connectivity index (χ0) is 12.3. The van der Waals surface area contributed by atoms with Gasteiger partial charge in [-0.2, -0.15) is 0 Å². The van der Waals surface area contributed by atoms with E-state index in [1.165, 1.54) is 49.9 Å². The standard InChI is InChI=1S/C13H16BN.C2H6/c14-12-2-1-10-5-7-15(13-3-4-13)8-6-11(10)9-12;1-2/h1-2,9,13H,3-8H2;1-2H3. The van der Waals surface area contributed by atoms with Crippen molar-refractivity contribution < 1.29 is 0 Å². The average molecular weight is 227 g/mol. The van der Waals surface area contributed by atoms with Crippen molar-refractivity contribution in [2.75, 3.05) is 13.1 Å². The number of benzene rings is 1. The van der Waals surface area contributed by atoms with Gasteiger partial charge < -0.3 is 0 Å². The molecular formula is C15H22BN. The third kappa shape index (κ3) is 3.13. The summed E-state index contributed by atoms with van der Waals surface area (Å²) in [5, 5.41) is 0. The first kappa shape index (κ1) is 12.7. The summed E-state index contributed by atoms with van der Waals surface area (Å²) in [6.07, 6.45) is 5.21. The third-order valence-electron chi connectivity index (χ3n) is 3.63. The molecule has 0 atom stereocenters. The lowest BCUT2D eigenvalue weighted by atomic mass is 9.90. The van der Waals surface area contributed by atoms with Crippen LogP contribution in [-0.4, -0.2) is 31.9 Å². The van der Waals surface area contributed by atoms with Crippen molar-refractivity contribution in [3.05, 3.63) is 29.3 Å². The van der Waals surface area contributed by atoms with E-state index < -0.39 is 0 Å². The zero-order valence-corrected chi connectivity index (χ0v) is 11.1. The number of nitrogens with zero attached hydrogens (tertiary/aromatic N) is 1. The minimum Gasteiger partial charge on any atom is -0.300 e. The fourth-order valence-corrected chi connectivity index (χ4v) is 2.57. The molecule has 2 radical (unpaired) electrons. The third-order valence-corrected chi connectivity index (χ3v) is 3.63. The van der Waals surface area contributed by atoms with Crippen LogP contribution in [0, 0.1) is 0 Å². The van der Waals surface area contributed by atoms with Crippen LogP contribution in [0.1, 0.15) is 37.8 Å². The molecule has 0 spiro atoms. The van der Waals surface area contributed by atoms with Gasteiger partial charge in [0, 0.05) is 19.1 Å². The van der Waals surface area contributed by atoms with Crippen molar-refractivity contribution in [1.29, 1.82) is 0 Å². The van der Waals surface area contributed by atoms with Gasteiger partial charge in [0.2, 0.25) is 0 Å². The van der Waals surface area contributed by atoms with Crippen LogP contribution in [0.5, 0.6) is 0 Å². The van der Waals surface area contributed by atoms with E-state index in [-0.39, 0.29) is 0 Å². The van der Waals surface area contributed by atoms with Gasteiger partial charge in [0.25, 0.3) is 0 Å². The summed E-state index contributed by atoms with van der Waals surface area (Å²) in [6, 6.07) is 7.30. The Morgan fingerprint density at radius 3 is 2.35 bits per heavy atom. The molecule has 1 nitrogen and oxygen atoms in total. The molecule has 1 saturated carbocycles. The Balaban J connectivity index is 0.000000514. The fraction of sp³-hybridized carbons (Fsp3) is 0.600. The molecule has 0 amide bonds. The predicted molar refractivity (Wildman–Crippen MR) is 75.2 cm³/mol. The van der Waals surface area contributed by atoms with Gasteiger partial charge in [-0.15, -0.1) is 0 Å². The highest BCUT2D eigenvalue weighted by Crippen LogP contribution is 2.28. The molecule has 1 heterocycles. The second kappa shape index (κ2) is 5.73. The first-order valence-electron chi connectivity index (χ1n) is 6.94. The molecule has 0 unspecified atom stereocenters. The largest absolute Gasteiger partial charge is 0.300 e. The molecule has 0 saturated heterocycles. The molecule has 1 aromatic carbocycles. The number of fused-ring (bicyclic) bond motifs is 1. The minimum absolute atomic E-state index is 0.900. The predicted octanol–water partition coefficient (Wildman–Crippen LogP) is 2.07. The topological polar surface area (TPSA) is 3.24 Å². The van der Waals surface area contributed by atoms with Crippen molar-refractivity contribution in [2.24, 2.45) is 0 Å².